The number of aromatic carboxylic acids is 1. The van der Waals surface area contributed by atoms with Crippen molar-refractivity contribution < 1.29 is 19.4 Å². The third kappa shape index (κ3) is 5.46. The van der Waals surface area contributed by atoms with Gasteiger partial charge in [-0.05, 0) is 87.3 Å². The molecule has 1 aromatic carbocycles. The quantitative estimate of drug-likeness (QED) is 0.416. The number of hydrogen-bond acceptors (Lipinski definition) is 3. The molecule has 2 aliphatic rings. The summed E-state index contributed by atoms with van der Waals surface area (Å²) in [6.07, 6.45) is 8.14. The number of carbonyl (C=O) groups is 2. The molecule has 1 aromatic rings. The zero-order valence-corrected chi connectivity index (χ0v) is 19.4. The van der Waals surface area contributed by atoms with Crippen LogP contribution < -0.4 is 0 Å². The Labute approximate surface area is 187 Å². The Balaban J connectivity index is 1.56. The minimum absolute atomic E-state index is 0.193. The molecule has 3 rings (SSSR count). The molecular formula is C27H38O4. The lowest BCUT2D eigenvalue weighted by Crippen LogP contribution is -2.47. The predicted molar refractivity (Wildman–Crippen MR) is 123 cm³/mol. The SMILES string of the molecule is C=C(CCC(C)[C@H](CCC)c1cccc(C(=O)O)c1)C1CC[C@@](C(C)=O)(C2CC2)OC1. The van der Waals surface area contributed by atoms with Gasteiger partial charge in [-0.25, -0.2) is 4.79 Å². The predicted octanol–water partition coefficient (Wildman–Crippen LogP) is 6.41. The maximum absolute atomic E-state index is 12.2. The van der Waals surface area contributed by atoms with E-state index in [2.05, 4.69) is 26.5 Å². The van der Waals surface area contributed by atoms with Gasteiger partial charge in [0, 0.05) is 5.92 Å². The van der Waals surface area contributed by atoms with Gasteiger partial charge in [-0.15, -0.1) is 0 Å². The fourth-order valence-electron chi connectivity index (χ4n) is 5.36. The first-order valence-electron chi connectivity index (χ1n) is 11.9. The van der Waals surface area contributed by atoms with Crippen molar-refractivity contribution in [3.05, 3.63) is 47.5 Å². The van der Waals surface area contributed by atoms with Crippen LogP contribution in [-0.4, -0.2) is 29.1 Å². The first-order chi connectivity index (χ1) is 14.8. The van der Waals surface area contributed by atoms with Crippen molar-refractivity contribution >= 4 is 11.8 Å². The van der Waals surface area contributed by atoms with E-state index in [1.165, 1.54) is 5.57 Å². The van der Waals surface area contributed by atoms with Crippen LogP contribution >= 0.6 is 0 Å². The zero-order valence-electron chi connectivity index (χ0n) is 19.4. The molecule has 1 saturated heterocycles. The highest BCUT2D eigenvalue weighted by Gasteiger charge is 2.51. The van der Waals surface area contributed by atoms with Crippen molar-refractivity contribution in [1.82, 2.24) is 0 Å². The van der Waals surface area contributed by atoms with Gasteiger partial charge in [-0.3, -0.25) is 4.79 Å². The Hall–Kier alpha value is -1.94. The maximum atomic E-state index is 12.2. The monoisotopic (exact) mass is 426 g/mol. The van der Waals surface area contributed by atoms with Gasteiger partial charge in [0.15, 0.2) is 5.78 Å². The van der Waals surface area contributed by atoms with E-state index in [0.29, 0.717) is 35.8 Å². The molecule has 170 valence electrons. The third-order valence-electron chi connectivity index (χ3n) is 7.59. The van der Waals surface area contributed by atoms with Crippen LogP contribution in [0.5, 0.6) is 0 Å². The van der Waals surface area contributed by atoms with Crippen LogP contribution in [0, 0.1) is 17.8 Å². The smallest absolute Gasteiger partial charge is 0.335 e. The molecule has 31 heavy (non-hydrogen) atoms. The van der Waals surface area contributed by atoms with Gasteiger partial charge in [0.05, 0.1) is 12.2 Å². The second-order valence-electron chi connectivity index (χ2n) is 9.77. The van der Waals surface area contributed by atoms with Crippen LogP contribution in [0.15, 0.2) is 36.4 Å². The van der Waals surface area contributed by atoms with E-state index in [1.807, 2.05) is 12.1 Å². The minimum atomic E-state index is -0.872. The lowest BCUT2D eigenvalue weighted by Gasteiger charge is -2.39. The highest BCUT2D eigenvalue weighted by molar-refractivity contribution is 5.87. The molecule has 4 nitrogen and oxygen atoms in total. The summed E-state index contributed by atoms with van der Waals surface area (Å²) in [5.74, 6) is 0.865. The second-order valence-corrected chi connectivity index (χ2v) is 9.77. The molecule has 0 spiro atoms. The molecule has 2 fully saturated rings. The summed E-state index contributed by atoms with van der Waals surface area (Å²) >= 11 is 0. The Morgan fingerprint density at radius 1 is 1.26 bits per heavy atom. The van der Waals surface area contributed by atoms with Crippen molar-refractivity contribution in [2.75, 3.05) is 6.61 Å². The lowest BCUT2D eigenvalue weighted by atomic mass is 9.77. The van der Waals surface area contributed by atoms with Crippen LogP contribution in [0.3, 0.4) is 0 Å². The van der Waals surface area contributed by atoms with Crippen LogP contribution in [-0.2, 0) is 9.53 Å². The number of carbonyl (C=O) groups excluding carboxylic acids is 1. The van der Waals surface area contributed by atoms with Gasteiger partial charge in [0.1, 0.15) is 5.60 Å². The number of ether oxygens (including phenoxy) is 1. The fraction of sp³-hybridized carbons (Fsp3) is 0.630. The summed E-state index contributed by atoms with van der Waals surface area (Å²) in [5.41, 5.74) is 2.19. The van der Waals surface area contributed by atoms with E-state index in [0.717, 1.165) is 56.9 Å². The standard InChI is InChI=1S/C27H38O4/c1-5-7-25(21-8-6-9-22(16-21)26(29)30)19(3)11-10-18(2)23-14-15-27(20(4)28,31-17-23)24-12-13-24/h6,8-9,16,19,23-25H,2,5,7,10-15,17H2,1,3-4H3,(H,29,30)/t19?,23?,25-,27+/m0/s1. The third-order valence-corrected chi connectivity index (χ3v) is 7.59. The minimum Gasteiger partial charge on any atom is -0.478 e. The number of hydrogen-bond donors (Lipinski definition) is 1. The van der Waals surface area contributed by atoms with Crippen LogP contribution in [0.4, 0.5) is 0 Å². The van der Waals surface area contributed by atoms with E-state index in [1.54, 1.807) is 13.0 Å². The molecule has 1 aliphatic heterocycles. The van der Waals surface area contributed by atoms with E-state index < -0.39 is 11.6 Å². The molecule has 1 aliphatic carbocycles. The Kier molecular flexibility index (Phi) is 7.74. The average Bonchev–Trinajstić information content (AvgIpc) is 3.61. The molecule has 1 heterocycles. The lowest BCUT2D eigenvalue weighted by molar-refractivity contribution is -0.156. The molecule has 0 aromatic heterocycles. The summed E-state index contributed by atoms with van der Waals surface area (Å²) in [6.45, 7) is 11.1. The summed E-state index contributed by atoms with van der Waals surface area (Å²) in [6, 6.07) is 7.41. The number of rotatable bonds is 11. The molecule has 1 saturated carbocycles. The highest BCUT2D eigenvalue weighted by Crippen LogP contribution is 2.48. The number of benzene rings is 1. The zero-order chi connectivity index (χ0) is 22.6. The van der Waals surface area contributed by atoms with Gasteiger partial charge in [0.2, 0.25) is 0 Å². The maximum Gasteiger partial charge on any atom is 0.335 e. The van der Waals surface area contributed by atoms with Crippen molar-refractivity contribution in [2.24, 2.45) is 17.8 Å². The fourth-order valence-corrected chi connectivity index (χ4v) is 5.36. The molecule has 4 heteroatoms. The van der Waals surface area contributed by atoms with Crippen molar-refractivity contribution in [2.45, 2.75) is 83.7 Å². The highest BCUT2D eigenvalue weighted by atomic mass is 16.5. The molecule has 2 unspecified atom stereocenters. The molecule has 0 bridgehead atoms. The van der Waals surface area contributed by atoms with Gasteiger partial charge >= 0.3 is 5.97 Å². The molecular weight excluding hydrogens is 388 g/mol. The van der Waals surface area contributed by atoms with Crippen molar-refractivity contribution in [3.63, 3.8) is 0 Å². The largest absolute Gasteiger partial charge is 0.478 e. The van der Waals surface area contributed by atoms with Crippen molar-refractivity contribution in [3.8, 4) is 0 Å². The van der Waals surface area contributed by atoms with Gasteiger partial charge in [0.25, 0.3) is 0 Å². The van der Waals surface area contributed by atoms with Crippen LogP contribution in [0.1, 0.15) is 94.0 Å². The molecule has 0 radical (unpaired) electrons. The number of ketones is 1. The number of carboxylic acids is 1. The summed E-state index contributed by atoms with van der Waals surface area (Å²) in [5, 5.41) is 9.34. The van der Waals surface area contributed by atoms with Gasteiger partial charge in [-0.2, -0.15) is 0 Å². The summed E-state index contributed by atoms with van der Waals surface area (Å²) in [7, 11) is 0. The first-order valence-corrected chi connectivity index (χ1v) is 11.9. The van der Waals surface area contributed by atoms with E-state index in [-0.39, 0.29) is 5.78 Å². The molecule has 4 atom stereocenters. The number of Topliss-reactive ketones (excluding diaryl/α,β-unsaturated/α-hetero) is 1. The summed E-state index contributed by atoms with van der Waals surface area (Å²) in [4.78, 5) is 23.6. The normalized spacial score (nSPS) is 25.6. The molecule has 0 amide bonds. The first kappa shape index (κ1) is 23.7. The average molecular weight is 427 g/mol. The topological polar surface area (TPSA) is 63.6 Å². The van der Waals surface area contributed by atoms with Crippen LogP contribution in [0.25, 0.3) is 0 Å². The van der Waals surface area contributed by atoms with E-state index in [9.17, 15) is 14.7 Å². The van der Waals surface area contributed by atoms with Crippen LogP contribution in [0.2, 0.25) is 0 Å². The molecule has 1 N–H and O–H groups in total. The van der Waals surface area contributed by atoms with Crippen molar-refractivity contribution in [1.29, 1.82) is 0 Å². The Bertz CT molecular complexity index is 799. The number of carboxylic acid groups (broad SMARTS) is 1. The van der Waals surface area contributed by atoms with Gasteiger partial charge in [-0.1, -0.05) is 44.6 Å². The van der Waals surface area contributed by atoms with Gasteiger partial charge < -0.3 is 9.84 Å². The van der Waals surface area contributed by atoms with E-state index >= 15 is 0 Å². The second kappa shape index (κ2) is 10.1. The van der Waals surface area contributed by atoms with E-state index in [4.69, 9.17) is 4.74 Å². The summed E-state index contributed by atoms with van der Waals surface area (Å²) < 4.78 is 6.22. The Morgan fingerprint density at radius 2 is 2.00 bits per heavy atom. The Morgan fingerprint density at radius 3 is 2.55 bits per heavy atom.